The second-order valence-corrected chi connectivity index (χ2v) is 8.38. The first-order valence-corrected chi connectivity index (χ1v) is 11.1. The van der Waals surface area contributed by atoms with Crippen LogP contribution in [0.3, 0.4) is 0 Å². The lowest BCUT2D eigenvalue weighted by Gasteiger charge is -2.12. The van der Waals surface area contributed by atoms with Gasteiger partial charge >= 0.3 is 0 Å². The molecule has 0 aliphatic rings. The van der Waals surface area contributed by atoms with Crippen molar-refractivity contribution in [2.24, 2.45) is 0 Å². The number of nitrogens with zero attached hydrogens (tertiary/aromatic N) is 4. The summed E-state index contributed by atoms with van der Waals surface area (Å²) in [4.78, 5) is 21.2. The Hall–Kier alpha value is -3.32. The second kappa shape index (κ2) is 9.22. The molecule has 4 aromatic rings. The molecule has 0 bridgehead atoms. The van der Waals surface area contributed by atoms with E-state index in [0.29, 0.717) is 0 Å². The van der Waals surface area contributed by atoms with Gasteiger partial charge in [0.2, 0.25) is 5.91 Å². The summed E-state index contributed by atoms with van der Waals surface area (Å²) in [6.07, 6.45) is 7.46. The number of anilines is 1. The van der Waals surface area contributed by atoms with Crippen LogP contribution in [0.15, 0.2) is 72.4 Å². The van der Waals surface area contributed by atoms with E-state index < -0.39 is 0 Å². The van der Waals surface area contributed by atoms with Gasteiger partial charge in [-0.05, 0) is 55.7 Å². The molecule has 0 radical (unpaired) electrons. The number of nitrogens with one attached hydrogen (secondary N) is 1. The molecule has 6 nitrogen and oxygen atoms in total. The minimum absolute atomic E-state index is 0.0567. The average Bonchev–Trinajstić information content (AvgIpc) is 3.39. The van der Waals surface area contributed by atoms with Crippen molar-refractivity contribution in [3.8, 4) is 5.69 Å². The van der Waals surface area contributed by atoms with Gasteiger partial charge in [-0.3, -0.25) is 9.36 Å². The number of benzene rings is 2. The molecule has 0 aliphatic carbocycles. The van der Waals surface area contributed by atoms with Gasteiger partial charge in [0.25, 0.3) is 0 Å². The van der Waals surface area contributed by atoms with Gasteiger partial charge < -0.3 is 9.88 Å². The molecule has 2 aromatic heterocycles. The molecule has 0 fully saturated rings. The van der Waals surface area contributed by atoms with E-state index in [2.05, 4.69) is 45.8 Å². The second-order valence-electron chi connectivity index (χ2n) is 7.43. The number of rotatable bonds is 7. The molecule has 1 amide bonds. The highest BCUT2D eigenvalue weighted by Crippen LogP contribution is 2.24. The molecule has 0 aliphatic heterocycles. The number of thioether (sulfide) groups is 1. The average molecular weight is 432 g/mol. The Labute approximate surface area is 186 Å². The monoisotopic (exact) mass is 431 g/mol. The van der Waals surface area contributed by atoms with E-state index in [0.717, 1.165) is 34.5 Å². The fourth-order valence-electron chi connectivity index (χ4n) is 3.36. The summed E-state index contributed by atoms with van der Waals surface area (Å²) in [5.41, 5.74) is 5.46. The quantitative estimate of drug-likeness (QED) is 0.428. The summed E-state index contributed by atoms with van der Waals surface area (Å²) in [5.74, 6) is 1.21. The van der Waals surface area contributed by atoms with Crippen molar-refractivity contribution in [2.75, 3.05) is 11.1 Å². The molecule has 0 atom stereocenters. The highest BCUT2D eigenvalue weighted by Gasteiger charge is 2.11. The molecule has 4 rings (SSSR count). The maximum atomic E-state index is 12.5. The number of imidazole rings is 2. The Morgan fingerprint density at radius 3 is 2.52 bits per heavy atom. The van der Waals surface area contributed by atoms with Crippen LogP contribution in [0, 0.1) is 20.8 Å². The normalized spacial score (nSPS) is 10.9. The van der Waals surface area contributed by atoms with E-state index in [-0.39, 0.29) is 11.7 Å². The third-order valence-corrected chi connectivity index (χ3v) is 6.26. The molecule has 0 saturated heterocycles. The number of aromatic nitrogens is 4. The Morgan fingerprint density at radius 1 is 1.00 bits per heavy atom. The molecule has 2 aromatic carbocycles. The van der Waals surface area contributed by atoms with Crippen LogP contribution in [0.4, 0.5) is 5.69 Å². The van der Waals surface area contributed by atoms with Gasteiger partial charge in [-0.1, -0.05) is 36.0 Å². The molecule has 2 heterocycles. The molecule has 31 heavy (non-hydrogen) atoms. The van der Waals surface area contributed by atoms with Gasteiger partial charge in [-0.2, -0.15) is 0 Å². The Balaban J connectivity index is 1.36. The topological polar surface area (TPSA) is 64.7 Å². The molecule has 158 valence electrons. The van der Waals surface area contributed by atoms with Gasteiger partial charge in [-0.15, -0.1) is 0 Å². The zero-order chi connectivity index (χ0) is 21.8. The first-order chi connectivity index (χ1) is 15.0. The van der Waals surface area contributed by atoms with Crippen LogP contribution in [-0.4, -0.2) is 30.8 Å². The van der Waals surface area contributed by atoms with E-state index >= 15 is 0 Å². The fraction of sp³-hybridized carbons (Fsp3) is 0.208. The maximum Gasteiger partial charge on any atom is 0.234 e. The zero-order valence-electron chi connectivity index (χ0n) is 17.9. The minimum Gasteiger partial charge on any atom is -0.331 e. The Kier molecular flexibility index (Phi) is 6.23. The fourth-order valence-corrected chi connectivity index (χ4v) is 4.13. The largest absolute Gasteiger partial charge is 0.331 e. The molecule has 0 unspecified atom stereocenters. The van der Waals surface area contributed by atoms with Crippen molar-refractivity contribution < 1.29 is 4.79 Å². The molecule has 0 saturated carbocycles. The van der Waals surface area contributed by atoms with Crippen molar-refractivity contribution in [3.63, 3.8) is 0 Å². The van der Waals surface area contributed by atoms with Crippen molar-refractivity contribution in [2.45, 2.75) is 32.5 Å². The summed E-state index contributed by atoms with van der Waals surface area (Å²) in [6.45, 7) is 6.94. The third kappa shape index (κ3) is 4.88. The summed E-state index contributed by atoms with van der Waals surface area (Å²) in [5, 5.41) is 3.77. The van der Waals surface area contributed by atoms with Gasteiger partial charge in [0.05, 0.1) is 11.4 Å². The molecule has 0 spiro atoms. The zero-order valence-corrected chi connectivity index (χ0v) is 18.7. The Bertz CT molecular complexity index is 1190. The van der Waals surface area contributed by atoms with E-state index in [1.807, 2.05) is 54.2 Å². The highest BCUT2D eigenvalue weighted by atomic mass is 32.2. The standard InChI is InChI=1S/C24H25N5OS/c1-17-5-4-6-22(18(17)2)29-14-12-26-24(29)31-16-23(30)27-21-9-7-20(8-10-21)15-28-13-11-25-19(28)3/h4-14H,15-16H2,1-3H3,(H,27,30). The maximum absolute atomic E-state index is 12.5. The van der Waals surface area contributed by atoms with Crippen molar-refractivity contribution >= 4 is 23.4 Å². The highest BCUT2D eigenvalue weighted by molar-refractivity contribution is 7.99. The first-order valence-electron chi connectivity index (χ1n) is 10.1. The number of carbonyl (C=O) groups is 1. The number of aryl methyl sites for hydroxylation is 2. The van der Waals surface area contributed by atoms with E-state index in [1.54, 1.807) is 12.4 Å². The molecule has 7 heteroatoms. The van der Waals surface area contributed by atoms with Gasteiger partial charge in [0.15, 0.2) is 5.16 Å². The van der Waals surface area contributed by atoms with Gasteiger partial charge in [-0.25, -0.2) is 9.97 Å². The van der Waals surface area contributed by atoms with Gasteiger partial charge in [0, 0.05) is 37.0 Å². The summed E-state index contributed by atoms with van der Waals surface area (Å²) < 4.78 is 4.12. The van der Waals surface area contributed by atoms with Crippen LogP contribution in [-0.2, 0) is 11.3 Å². The smallest absolute Gasteiger partial charge is 0.234 e. The lowest BCUT2D eigenvalue weighted by Crippen LogP contribution is -2.14. The predicted molar refractivity (Wildman–Crippen MR) is 125 cm³/mol. The summed E-state index contributed by atoms with van der Waals surface area (Å²) in [6, 6.07) is 14.1. The lowest BCUT2D eigenvalue weighted by molar-refractivity contribution is -0.113. The molecular weight excluding hydrogens is 406 g/mol. The summed E-state index contributed by atoms with van der Waals surface area (Å²) in [7, 11) is 0. The van der Waals surface area contributed by atoms with Crippen LogP contribution in [0.2, 0.25) is 0 Å². The number of hydrogen-bond acceptors (Lipinski definition) is 4. The van der Waals surface area contributed by atoms with Crippen molar-refractivity contribution in [1.29, 1.82) is 0 Å². The first kappa shape index (κ1) is 20.9. The lowest BCUT2D eigenvalue weighted by atomic mass is 10.1. The van der Waals surface area contributed by atoms with Crippen LogP contribution >= 0.6 is 11.8 Å². The number of hydrogen-bond donors (Lipinski definition) is 1. The Morgan fingerprint density at radius 2 is 1.77 bits per heavy atom. The number of carbonyl (C=O) groups excluding carboxylic acids is 1. The van der Waals surface area contributed by atoms with Gasteiger partial charge in [0.1, 0.15) is 5.82 Å². The van der Waals surface area contributed by atoms with E-state index in [4.69, 9.17) is 0 Å². The van der Waals surface area contributed by atoms with Crippen LogP contribution in [0.25, 0.3) is 5.69 Å². The molecular formula is C24H25N5OS. The van der Waals surface area contributed by atoms with Crippen molar-refractivity contribution in [3.05, 3.63) is 89.8 Å². The third-order valence-electron chi connectivity index (χ3n) is 5.29. The van der Waals surface area contributed by atoms with Crippen LogP contribution in [0.1, 0.15) is 22.5 Å². The predicted octanol–water partition coefficient (Wildman–Crippen LogP) is 4.77. The minimum atomic E-state index is -0.0567. The van der Waals surface area contributed by atoms with E-state index in [9.17, 15) is 4.79 Å². The SMILES string of the molecule is Cc1cccc(-n2ccnc2SCC(=O)Nc2ccc(Cn3ccnc3C)cc2)c1C. The number of amides is 1. The van der Waals surface area contributed by atoms with Crippen molar-refractivity contribution in [1.82, 2.24) is 19.1 Å². The molecule has 1 N–H and O–H groups in total. The summed E-state index contributed by atoms with van der Waals surface area (Å²) >= 11 is 1.43. The van der Waals surface area contributed by atoms with Crippen LogP contribution in [0.5, 0.6) is 0 Å². The van der Waals surface area contributed by atoms with Crippen LogP contribution < -0.4 is 5.32 Å². The van der Waals surface area contributed by atoms with E-state index in [1.165, 1.54) is 22.9 Å².